The molecular weight excluding hydrogens is 244 g/mol. The van der Waals surface area contributed by atoms with Gasteiger partial charge in [0.05, 0.1) is 0 Å². The van der Waals surface area contributed by atoms with Crippen molar-refractivity contribution in [2.24, 2.45) is 22.2 Å². The Bertz CT molecular complexity index is 259. The predicted octanol–water partition coefficient (Wildman–Crippen LogP) is -3.87. The van der Waals surface area contributed by atoms with Crippen LogP contribution in [0, 0.1) is 0 Å². The van der Waals surface area contributed by atoms with E-state index in [1.165, 1.54) is 0 Å². The van der Waals surface area contributed by atoms with E-state index in [0.717, 1.165) is 0 Å². The minimum atomic E-state index is -1.89. The summed E-state index contributed by atoms with van der Waals surface area (Å²) in [5.74, 6) is -2.05. The van der Waals surface area contributed by atoms with Crippen molar-refractivity contribution in [3.63, 3.8) is 0 Å². The molecule has 0 rings (SSSR count). The summed E-state index contributed by atoms with van der Waals surface area (Å²) in [5.41, 5.74) is 14.8. The van der Waals surface area contributed by atoms with Crippen molar-refractivity contribution in [3.05, 3.63) is 0 Å². The molecular formula is C6H15ClN4O5. The van der Waals surface area contributed by atoms with Gasteiger partial charge in [0.1, 0.15) is 18.2 Å². The smallest absolute Gasteiger partial charge is 0.323 e. The van der Waals surface area contributed by atoms with Crippen molar-refractivity contribution < 1.29 is 25.2 Å². The van der Waals surface area contributed by atoms with E-state index in [0.29, 0.717) is 0 Å². The normalized spacial score (nSPS) is 17.5. The zero-order valence-corrected chi connectivity index (χ0v) is 8.91. The highest BCUT2D eigenvalue weighted by molar-refractivity contribution is 5.85. The number of hydrogen-bond acceptors (Lipinski definition) is 6. The van der Waals surface area contributed by atoms with Crippen molar-refractivity contribution in [2.45, 2.75) is 24.5 Å². The molecule has 10 N–H and O–H groups in total. The molecule has 0 aliphatic heterocycles. The molecule has 4 unspecified atom stereocenters. The number of carboxylic acids is 1. The molecule has 0 radical (unpaired) electrons. The molecule has 0 amide bonds. The zero-order chi connectivity index (χ0) is 12.2. The topological polar surface area (TPSA) is 188 Å². The van der Waals surface area contributed by atoms with Gasteiger partial charge in [-0.15, -0.1) is 12.4 Å². The lowest BCUT2D eigenvalue weighted by molar-refractivity contribution is -0.145. The number of rotatable bonds is 5. The third-order valence-electron chi connectivity index (χ3n) is 1.59. The largest absolute Gasteiger partial charge is 0.480 e. The highest BCUT2D eigenvalue weighted by atomic mass is 35.5. The van der Waals surface area contributed by atoms with Crippen LogP contribution in [0.25, 0.3) is 0 Å². The number of nitrogens with zero attached hydrogens (tertiary/aromatic N) is 1. The van der Waals surface area contributed by atoms with E-state index in [4.69, 9.17) is 27.4 Å². The Morgan fingerprint density at radius 3 is 1.88 bits per heavy atom. The average molecular weight is 259 g/mol. The van der Waals surface area contributed by atoms with Crippen molar-refractivity contribution in [1.82, 2.24) is 0 Å². The van der Waals surface area contributed by atoms with Gasteiger partial charge in [-0.1, -0.05) is 0 Å². The average Bonchev–Trinajstić information content (AvgIpc) is 2.13. The van der Waals surface area contributed by atoms with Crippen LogP contribution in [0.4, 0.5) is 0 Å². The van der Waals surface area contributed by atoms with Crippen LogP contribution in [-0.4, -0.2) is 56.8 Å². The fraction of sp³-hybridized carbons (Fsp3) is 0.667. The summed E-state index contributed by atoms with van der Waals surface area (Å²) < 4.78 is 0. The number of aliphatic hydroxyl groups excluding tert-OH is 3. The van der Waals surface area contributed by atoms with E-state index >= 15 is 0 Å². The van der Waals surface area contributed by atoms with E-state index < -0.39 is 36.4 Å². The van der Waals surface area contributed by atoms with Gasteiger partial charge in [-0.2, -0.15) is 0 Å². The Balaban J connectivity index is 0. The molecule has 0 aliphatic rings. The van der Waals surface area contributed by atoms with E-state index in [9.17, 15) is 15.0 Å². The highest BCUT2D eigenvalue weighted by Crippen LogP contribution is 2.04. The van der Waals surface area contributed by atoms with E-state index in [-0.39, 0.29) is 12.4 Å². The molecule has 0 aliphatic carbocycles. The molecule has 4 atom stereocenters. The molecule has 0 fully saturated rings. The first-order valence-corrected chi connectivity index (χ1v) is 3.88. The van der Waals surface area contributed by atoms with Crippen LogP contribution in [0.2, 0.25) is 0 Å². The standard InChI is InChI=1S/C6H14N4O5.ClH/c7-1(5(14)15)2(11)3(12)4(13)10-6(8)9;/h1-4,11-13H,7H2,(H,14,15)(H4,8,9,10);1H. The maximum absolute atomic E-state index is 10.3. The number of guanidine groups is 1. The van der Waals surface area contributed by atoms with Gasteiger partial charge in [0.15, 0.2) is 12.2 Å². The zero-order valence-electron chi connectivity index (χ0n) is 8.09. The summed E-state index contributed by atoms with van der Waals surface area (Å²) in [6.45, 7) is 0. The molecule has 0 spiro atoms. The molecule has 0 aromatic heterocycles. The number of carbonyl (C=O) groups is 1. The molecule has 9 nitrogen and oxygen atoms in total. The van der Waals surface area contributed by atoms with Crippen molar-refractivity contribution >= 4 is 24.3 Å². The van der Waals surface area contributed by atoms with E-state index in [2.05, 4.69) is 4.99 Å². The number of hydrogen-bond donors (Lipinski definition) is 7. The highest BCUT2D eigenvalue weighted by Gasteiger charge is 2.33. The molecule has 96 valence electrons. The SMILES string of the molecule is Cl.NC(N)=NC(O)C(O)C(O)C(N)C(=O)O. The summed E-state index contributed by atoms with van der Waals surface area (Å²) in [6, 6.07) is -1.75. The van der Waals surface area contributed by atoms with E-state index in [1.54, 1.807) is 0 Å². The third-order valence-corrected chi connectivity index (χ3v) is 1.59. The first-order chi connectivity index (χ1) is 6.77. The van der Waals surface area contributed by atoms with Crippen LogP contribution in [0.15, 0.2) is 4.99 Å². The fourth-order valence-electron chi connectivity index (χ4n) is 0.764. The number of aliphatic hydroxyl groups is 3. The Labute approximate surface area is 97.0 Å². The Kier molecular flexibility index (Phi) is 7.77. The van der Waals surface area contributed by atoms with Crippen LogP contribution < -0.4 is 17.2 Å². The van der Waals surface area contributed by atoms with Gasteiger partial charge in [-0.3, -0.25) is 4.79 Å². The maximum atomic E-state index is 10.3. The van der Waals surface area contributed by atoms with Gasteiger partial charge in [0, 0.05) is 0 Å². The lowest BCUT2D eigenvalue weighted by atomic mass is 10.1. The van der Waals surface area contributed by atoms with Crippen LogP contribution in [0.1, 0.15) is 0 Å². The molecule has 0 saturated heterocycles. The van der Waals surface area contributed by atoms with Crippen molar-refractivity contribution in [3.8, 4) is 0 Å². The van der Waals surface area contributed by atoms with Crippen LogP contribution in [-0.2, 0) is 4.79 Å². The lowest BCUT2D eigenvalue weighted by Crippen LogP contribution is -2.52. The van der Waals surface area contributed by atoms with Gasteiger partial charge >= 0.3 is 5.97 Å². The van der Waals surface area contributed by atoms with Crippen LogP contribution in [0.3, 0.4) is 0 Å². The first kappa shape index (κ1) is 17.3. The molecule has 0 saturated carbocycles. The lowest BCUT2D eigenvalue weighted by Gasteiger charge is -2.22. The number of aliphatic imine (C=N–C) groups is 1. The number of carboxylic acid groups (broad SMARTS) is 1. The number of halogens is 1. The molecule has 0 heterocycles. The number of aliphatic carboxylic acids is 1. The summed E-state index contributed by atoms with van der Waals surface area (Å²) >= 11 is 0. The summed E-state index contributed by atoms with van der Waals surface area (Å²) in [6.07, 6.45) is -5.62. The monoisotopic (exact) mass is 258 g/mol. The predicted molar refractivity (Wildman–Crippen MR) is 56.7 cm³/mol. The maximum Gasteiger partial charge on any atom is 0.323 e. The molecule has 0 bridgehead atoms. The molecule has 0 aromatic rings. The second-order valence-electron chi connectivity index (χ2n) is 2.81. The van der Waals surface area contributed by atoms with Gasteiger partial charge in [-0.05, 0) is 0 Å². The second-order valence-corrected chi connectivity index (χ2v) is 2.81. The van der Waals surface area contributed by atoms with Crippen molar-refractivity contribution in [2.75, 3.05) is 0 Å². The van der Waals surface area contributed by atoms with Crippen molar-refractivity contribution in [1.29, 1.82) is 0 Å². The minimum Gasteiger partial charge on any atom is -0.480 e. The van der Waals surface area contributed by atoms with Crippen LogP contribution in [0.5, 0.6) is 0 Å². The number of nitrogens with two attached hydrogens (primary N) is 3. The Morgan fingerprint density at radius 1 is 1.12 bits per heavy atom. The van der Waals surface area contributed by atoms with Gasteiger partial charge in [-0.25, -0.2) is 4.99 Å². The summed E-state index contributed by atoms with van der Waals surface area (Å²) in [7, 11) is 0. The summed E-state index contributed by atoms with van der Waals surface area (Å²) in [5, 5.41) is 35.9. The van der Waals surface area contributed by atoms with Gasteiger partial charge in [0.2, 0.25) is 0 Å². The van der Waals surface area contributed by atoms with Gasteiger partial charge < -0.3 is 37.6 Å². The fourth-order valence-corrected chi connectivity index (χ4v) is 0.764. The van der Waals surface area contributed by atoms with E-state index in [1.807, 2.05) is 0 Å². The third kappa shape index (κ3) is 5.09. The Morgan fingerprint density at radius 2 is 1.56 bits per heavy atom. The van der Waals surface area contributed by atoms with Crippen LogP contribution >= 0.6 is 12.4 Å². The molecule has 10 heteroatoms. The Hall–Kier alpha value is -1.13. The van der Waals surface area contributed by atoms with Gasteiger partial charge in [0.25, 0.3) is 0 Å². The minimum absolute atomic E-state index is 0. The molecule has 16 heavy (non-hydrogen) atoms. The molecule has 0 aromatic carbocycles. The quantitative estimate of drug-likeness (QED) is 0.192. The summed E-state index contributed by atoms with van der Waals surface area (Å²) in [4.78, 5) is 13.4. The second kappa shape index (κ2) is 7.19. The first-order valence-electron chi connectivity index (χ1n) is 3.88.